The molecule has 0 atom stereocenters. The van der Waals surface area contributed by atoms with E-state index in [-0.39, 0.29) is 43.1 Å². The van der Waals surface area contributed by atoms with E-state index in [0.29, 0.717) is 11.4 Å². The van der Waals surface area contributed by atoms with Crippen molar-refractivity contribution >= 4 is 11.0 Å². The normalized spacial score (nSPS) is 12.2. The standard InChI is InChI=1S/C48H48N3O.Pt/c1-46(2,3)34-27-32(26-33(28-34)40-22-15-16-25-49-40)37-21-17-24-42-43(37)50-45(38-29-35(47(4,5)6)30-39(44(38)52)48(7,8)9)51(42)41-23-14-13-20-36(41)31-18-11-10-12-19-31;/h10-25,27-30H,1-9H3,(H,50,52);/q-1;+2. The van der Waals surface area contributed by atoms with E-state index in [1.165, 1.54) is 5.56 Å². The topological polar surface area (TPSA) is 51.1 Å². The number of hydrogen-bond acceptors (Lipinski definition) is 2. The van der Waals surface area contributed by atoms with Crippen LogP contribution in [0.4, 0.5) is 0 Å². The molecule has 0 aliphatic carbocycles. The van der Waals surface area contributed by atoms with Gasteiger partial charge in [0.2, 0.25) is 0 Å². The number of rotatable bonds is 5. The molecule has 5 aromatic carbocycles. The van der Waals surface area contributed by atoms with Gasteiger partial charge in [-0.25, -0.2) is 4.98 Å². The van der Waals surface area contributed by atoms with Crippen molar-refractivity contribution in [3.63, 3.8) is 0 Å². The number of phenolic OH excluding ortho intramolecular Hbond substituents is 1. The first-order valence-corrected chi connectivity index (χ1v) is 18.2. The predicted octanol–water partition coefficient (Wildman–Crippen LogP) is 11.5. The molecule has 0 bridgehead atoms. The number of aromatic hydroxyl groups is 1. The first kappa shape index (κ1) is 37.9. The molecular weight excluding hydrogens is 830 g/mol. The fourth-order valence-electron chi connectivity index (χ4n) is 6.89. The second-order valence-corrected chi connectivity index (χ2v) is 16.9. The maximum atomic E-state index is 12.3. The summed E-state index contributed by atoms with van der Waals surface area (Å²) in [6, 6.07) is 43.8. The van der Waals surface area contributed by atoms with Gasteiger partial charge in [0.05, 0.1) is 22.3 Å². The molecule has 5 heteroatoms. The SMILES string of the molecule is CC(C)(C)c1cc(-c2ccccn2)[c-]c(-c2cccc3c2[n-]c(-c2cc(C(C)(C)C)cc(C(C)(C)C)c2O)[n+]3-c2ccccc2-c2ccccc2)c1.[Pt+2]. The van der Waals surface area contributed by atoms with Crippen molar-refractivity contribution in [2.45, 2.75) is 78.6 Å². The molecule has 0 aliphatic rings. The Morgan fingerprint density at radius 2 is 1.23 bits per heavy atom. The van der Waals surface area contributed by atoms with E-state index >= 15 is 0 Å². The first-order valence-electron chi connectivity index (χ1n) is 18.2. The van der Waals surface area contributed by atoms with Crippen molar-refractivity contribution in [2.75, 3.05) is 0 Å². The molecule has 0 radical (unpaired) electrons. The van der Waals surface area contributed by atoms with Crippen LogP contribution in [0.25, 0.3) is 61.6 Å². The van der Waals surface area contributed by atoms with Crippen molar-refractivity contribution in [3.05, 3.63) is 144 Å². The minimum Gasteiger partial charge on any atom is -0.507 e. The third-order valence-corrected chi connectivity index (χ3v) is 9.91. The van der Waals surface area contributed by atoms with E-state index < -0.39 is 0 Å². The maximum absolute atomic E-state index is 12.3. The van der Waals surface area contributed by atoms with Crippen molar-refractivity contribution < 1.29 is 30.7 Å². The van der Waals surface area contributed by atoms with Crippen molar-refractivity contribution in [2.24, 2.45) is 0 Å². The van der Waals surface area contributed by atoms with Crippen LogP contribution < -0.4 is 9.55 Å². The average molecular weight is 878 g/mol. The first-order chi connectivity index (χ1) is 24.6. The van der Waals surface area contributed by atoms with Gasteiger partial charge in [-0.1, -0.05) is 152 Å². The van der Waals surface area contributed by atoms with Crippen LogP contribution in [0.15, 0.2) is 121 Å². The molecule has 0 saturated carbocycles. The second-order valence-electron chi connectivity index (χ2n) is 16.9. The van der Waals surface area contributed by atoms with E-state index in [9.17, 15) is 5.11 Å². The summed E-state index contributed by atoms with van der Waals surface area (Å²) >= 11 is 0. The summed E-state index contributed by atoms with van der Waals surface area (Å²) in [4.78, 5) is 10.2. The van der Waals surface area contributed by atoms with E-state index in [1.807, 2.05) is 30.5 Å². The number of imidazole rings is 1. The van der Waals surface area contributed by atoms with Crippen LogP contribution in [-0.2, 0) is 37.3 Å². The molecule has 0 aliphatic heterocycles. The fraction of sp³-hybridized carbons (Fsp3) is 0.250. The Bertz CT molecular complexity index is 2410. The number of pyridine rings is 1. The molecule has 0 unspecified atom stereocenters. The maximum Gasteiger partial charge on any atom is 2.00 e. The molecule has 7 rings (SSSR count). The number of benzene rings is 5. The van der Waals surface area contributed by atoms with Gasteiger partial charge in [-0.2, -0.15) is 0 Å². The summed E-state index contributed by atoms with van der Waals surface area (Å²) in [6.45, 7) is 19.8. The summed E-state index contributed by atoms with van der Waals surface area (Å²) < 4.78 is 2.24. The number of hydrogen-bond donors (Lipinski definition) is 1. The number of fused-ring (bicyclic) bond motifs is 1. The molecule has 0 spiro atoms. The largest absolute Gasteiger partial charge is 2.00 e. The van der Waals surface area contributed by atoms with Gasteiger partial charge >= 0.3 is 21.1 Å². The molecule has 0 fully saturated rings. The minimum absolute atomic E-state index is 0. The number of nitrogens with zero attached hydrogens (tertiary/aromatic N) is 3. The molecular formula is C48H48N3OPt+. The van der Waals surface area contributed by atoms with Crippen molar-refractivity contribution in [1.29, 1.82) is 0 Å². The Morgan fingerprint density at radius 1 is 0.604 bits per heavy atom. The molecule has 1 N–H and O–H groups in total. The van der Waals surface area contributed by atoms with Crippen molar-refractivity contribution in [1.82, 2.24) is 9.97 Å². The van der Waals surface area contributed by atoms with Crippen molar-refractivity contribution in [3.8, 4) is 56.3 Å². The van der Waals surface area contributed by atoms with E-state index in [4.69, 9.17) is 9.97 Å². The van der Waals surface area contributed by atoms with Crippen LogP contribution >= 0.6 is 0 Å². The minimum atomic E-state index is -0.297. The molecule has 0 amide bonds. The zero-order valence-corrected chi connectivity index (χ0v) is 34.4. The second kappa shape index (κ2) is 14.2. The quantitative estimate of drug-likeness (QED) is 0.138. The zero-order valence-electron chi connectivity index (χ0n) is 32.2. The van der Waals surface area contributed by atoms with Crippen LogP contribution in [0.3, 0.4) is 0 Å². The average Bonchev–Trinajstić information content (AvgIpc) is 3.50. The summed E-state index contributed by atoms with van der Waals surface area (Å²) in [5.74, 6) is 0.950. The van der Waals surface area contributed by atoms with Gasteiger partial charge < -0.3 is 5.11 Å². The van der Waals surface area contributed by atoms with Crippen LogP contribution in [0.2, 0.25) is 0 Å². The van der Waals surface area contributed by atoms with E-state index in [1.54, 1.807) is 0 Å². The number of phenols is 1. The smallest absolute Gasteiger partial charge is 0.507 e. The van der Waals surface area contributed by atoms with E-state index in [0.717, 1.165) is 61.4 Å². The van der Waals surface area contributed by atoms with Crippen LogP contribution in [0.1, 0.15) is 79.0 Å². The summed E-state index contributed by atoms with van der Waals surface area (Å²) in [5.41, 5.74) is 12.1. The third kappa shape index (κ3) is 7.40. The van der Waals surface area contributed by atoms with E-state index in [2.05, 4.69) is 164 Å². The molecule has 4 nitrogen and oxygen atoms in total. The summed E-state index contributed by atoms with van der Waals surface area (Å²) in [6.07, 6.45) is 1.83. The molecule has 7 aromatic rings. The number of para-hydroxylation sites is 2. The van der Waals surface area contributed by atoms with Crippen LogP contribution in [-0.4, -0.2) is 10.1 Å². The van der Waals surface area contributed by atoms with Crippen LogP contribution in [0.5, 0.6) is 5.75 Å². The number of aromatic nitrogens is 3. The fourth-order valence-corrected chi connectivity index (χ4v) is 6.89. The Kier molecular flexibility index (Phi) is 10.2. The zero-order chi connectivity index (χ0) is 37.0. The monoisotopic (exact) mass is 877 g/mol. The van der Waals surface area contributed by atoms with Gasteiger partial charge in [0.1, 0.15) is 11.6 Å². The Labute approximate surface area is 329 Å². The van der Waals surface area contributed by atoms with Crippen LogP contribution in [0, 0.1) is 6.07 Å². The summed E-state index contributed by atoms with van der Waals surface area (Å²) in [7, 11) is 0. The molecule has 53 heavy (non-hydrogen) atoms. The van der Waals surface area contributed by atoms with Gasteiger partial charge in [-0.3, -0.25) is 9.55 Å². The van der Waals surface area contributed by atoms with Gasteiger partial charge in [0, 0.05) is 23.0 Å². The van der Waals surface area contributed by atoms with Gasteiger partial charge in [-0.15, -0.1) is 29.3 Å². The van der Waals surface area contributed by atoms with Gasteiger partial charge in [0.15, 0.2) is 0 Å². The van der Waals surface area contributed by atoms with Gasteiger partial charge in [-0.05, 0) is 51.6 Å². The Morgan fingerprint density at radius 3 is 1.89 bits per heavy atom. The third-order valence-electron chi connectivity index (χ3n) is 9.91. The van der Waals surface area contributed by atoms with Gasteiger partial charge in [0.25, 0.3) is 0 Å². The Balaban J connectivity index is 0.00000481. The molecule has 270 valence electrons. The predicted molar refractivity (Wildman–Crippen MR) is 215 cm³/mol. The Hall–Kier alpha value is -4.79. The molecule has 0 saturated heterocycles. The molecule has 2 heterocycles. The summed E-state index contributed by atoms with van der Waals surface area (Å²) in [5, 5.41) is 12.3. The molecule has 2 aromatic heterocycles.